The van der Waals surface area contributed by atoms with Crippen LogP contribution in [0.3, 0.4) is 0 Å². The normalized spacial score (nSPS) is 16.1. The van der Waals surface area contributed by atoms with E-state index in [0.29, 0.717) is 18.1 Å². The van der Waals surface area contributed by atoms with Gasteiger partial charge in [-0.3, -0.25) is 4.79 Å². The molecule has 1 atom stereocenters. The number of halogens is 3. The van der Waals surface area contributed by atoms with Crippen molar-refractivity contribution in [1.82, 2.24) is 15.6 Å². The van der Waals surface area contributed by atoms with E-state index in [1.54, 1.807) is 12.1 Å². The molecule has 2 aromatic rings. The molecule has 1 aromatic heterocycles. The summed E-state index contributed by atoms with van der Waals surface area (Å²) in [6.07, 6.45) is 2.46. The van der Waals surface area contributed by atoms with Gasteiger partial charge in [0.25, 0.3) is 0 Å². The lowest BCUT2D eigenvalue weighted by molar-refractivity contribution is -0.121. The van der Waals surface area contributed by atoms with E-state index < -0.39 is 0 Å². The monoisotopic (exact) mass is 437 g/mol. The molecular weight excluding hydrogens is 417 g/mol. The van der Waals surface area contributed by atoms with Gasteiger partial charge in [0.2, 0.25) is 5.91 Å². The number of piperidine rings is 1. The number of thiazole rings is 1. The minimum absolute atomic E-state index is 0. The van der Waals surface area contributed by atoms with Gasteiger partial charge in [0.05, 0.1) is 12.1 Å². The van der Waals surface area contributed by atoms with Crippen molar-refractivity contribution in [3.63, 3.8) is 0 Å². The lowest BCUT2D eigenvalue weighted by Crippen LogP contribution is -2.46. The fourth-order valence-corrected chi connectivity index (χ4v) is 3.42. The highest BCUT2D eigenvalue weighted by atomic mass is 35.5. The first-order chi connectivity index (χ1) is 11.7. The molecule has 0 aliphatic carbocycles. The average Bonchev–Trinajstić information content (AvgIpc) is 3.02. The van der Waals surface area contributed by atoms with E-state index in [9.17, 15) is 4.79 Å². The van der Waals surface area contributed by atoms with Crippen LogP contribution < -0.4 is 15.4 Å². The highest BCUT2D eigenvalue weighted by Gasteiger charge is 2.16. The largest absolute Gasteiger partial charge is 0.486 e. The van der Waals surface area contributed by atoms with Crippen molar-refractivity contribution in [2.75, 3.05) is 13.1 Å². The number of nitrogens with zero attached hydrogens (tertiary/aromatic N) is 1. The third kappa shape index (κ3) is 7.29. The Morgan fingerprint density at radius 1 is 1.35 bits per heavy atom. The van der Waals surface area contributed by atoms with Crippen LogP contribution in [-0.4, -0.2) is 30.0 Å². The Morgan fingerprint density at radius 3 is 2.81 bits per heavy atom. The van der Waals surface area contributed by atoms with Gasteiger partial charge in [0, 0.05) is 23.0 Å². The number of aromatic nitrogens is 1. The van der Waals surface area contributed by atoms with Gasteiger partial charge in [-0.05, 0) is 43.7 Å². The summed E-state index contributed by atoms with van der Waals surface area (Å²) < 4.78 is 5.67. The second-order valence-electron chi connectivity index (χ2n) is 5.76. The number of rotatable bonds is 6. The first-order valence-electron chi connectivity index (χ1n) is 8.01. The summed E-state index contributed by atoms with van der Waals surface area (Å²) in [6, 6.07) is 7.45. The molecule has 0 saturated carbocycles. The minimum atomic E-state index is 0. The maximum atomic E-state index is 12.1. The first-order valence-corrected chi connectivity index (χ1v) is 9.26. The lowest BCUT2D eigenvalue weighted by atomic mass is 10.1. The summed E-state index contributed by atoms with van der Waals surface area (Å²) >= 11 is 7.35. The van der Waals surface area contributed by atoms with Crippen LogP contribution in [0.15, 0.2) is 29.6 Å². The van der Waals surface area contributed by atoms with Gasteiger partial charge in [-0.2, -0.15) is 0 Å². The summed E-state index contributed by atoms with van der Waals surface area (Å²) in [7, 11) is 0. The standard InChI is InChI=1S/C17H20ClN3O2S.2ClH/c18-12-3-5-15(6-4-12)23-10-17-21-14(11-24-17)8-16(22)20-13-2-1-7-19-9-13;;/h3-6,11,13,19H,1-2,7-10H2,(H,20,22);2*1H/t13-;;/m0../s1. The molecule has 0 radical (unpaired) electrons. The van der Waals surface area contributed by atoms with Crippen molar-refractivity contribution in [3.05, 3.63) is 45.4 Å². The van der Waals surface area contributed by atoms with E-state index in [0.717, 1.165) is 42.4 Å². The molecule has 1 aliphatic heterocycles. The predicted octanol–water partition coefficient (Wildman–Crippen LogP) is 3.63. The molecule has 1 saturated heterocycles. The van der Waals surface area contributed by atoms with Crippen LogP contribution in [0.4, 0.5) is 0 Å². The van der Waals surface area contributed by atoms with Crippen molar-refractivity contribution in [3.8, 4) is 5.75 Å². The zero-order valence-corrected chi connectivity index (χ0v) is 17.3. The molecule has 1 aliphatic rings. The zero-order chi connectivity index (χ0) is 16.8. The van der Waals surface area contributed by atoms with Crippen LogP contribution in [0.1, 0.15) is 23.5 Å². The Morgan fingerprint density at radius 2 is 2.12 bits per heavy atom. The molecule has 0 bridgehead atoms. The van der Waals surface area contributed by atoms with Gasteiger partial charge < -0.3 is 15.4 Å². The van der Waals surface area contributed by atoms with Crippen LogP contribution in [0, 0.1) is 0 Å². The van der Waals surface area contributed by atoms with Gasteiger partial charge in [-0.1, -0.05) is 11.6 Å². The molecule has 2 N–H and O–H groups in total. The predicted molar refractivity (Wildman–Crippen MR) is 110 cm³/mol. The summed E-state index contributed by atoms with van der Waals surface area (Å²) in [4.78, 5) is 16.6. The highest BCUT2D eigenvalue weighted by molar-refractivity contribution is 7.09. The smallest absolute Gasteiger partial charge is 0.226 e. The number of hydrogen-bond acceptors (Lipinski definition) is 5. The van der Waals surface area contributed by atoms with Gasteiger partial charge >= 0.3 is 0 Å². The van der Waals surface area contributed by atoms with Crippen LogP contribution in [0.5, 0.6) is 5.75 Å². The Bertz CT molecular complexity index is 676. The molecule has 9 heteroatoms. The molecule has 144 valence electrons. The number of carbonyl (C=O) groups is 1. The number of carbonyl (C=O) groups excluding carboxylic acids is 1. The molecular formula is C17H22Cl3N3O2S. The summed E-state index contributed by atoms with van der Waals surface area (Å²) in [6.45, 7) is 2.28. The first kappa shape index (κ1) is 23.0. The molecule has 26 heavy (non-hydrogen) atoms. The van der Waals surface area contributed by atoms with E-state index in [1.807, 2.05) is 17.5 Å². The van der Waals surface area contributed by atoms with Gasteiger partial charge in [-0.25, -0.2) is 4.98 Å². The van der Waals surface area contributed by atoms with Crippen molar-refractivity contribution < 1.29 is 9.53 Å². The quantitative estimate of drug-likeness (QED) is 0.723. The average molecular weight is 439 g/mol. The van der Waals surface area contributed by atoms with Crippen molar-refractivity contribution in [2.45, 2.75) is 31.9 Å². The van der Waals surface area contributed by atoms with Gasteiger partial charge in [-0.15, -0.1) is 36.2 Å². The van der Waals surface area contributed by atoms with Crippen LogP contribution in [-0.2, 0) is 17.8 Å². The van der Waals surface area contributed by atoms with Crippen LogP contribution in [0.25, 0.3) is 0 Å². The van der Waals surface area contributed by atoms with E-state index in [-0.39, 0.29) is 36.8 Å². The van der Waals surface area contributed by atoms with Crippen molar-refractivity contribution in [1.29, 1.82) is 0 Å². The number of ether oxygens (including phenoxy) is 1. The molecule has 2 heterocycles. The van der Waals surface area contributed by atoms with E-state index >= 15 is 0 Å². The number of amides is 1. The van der Waals surface area contributed by atoms with E-state index in [4.69, 9.17) is 16.3 Å². The Hall–Kier alpha value is -1.05. The topological polar surface area (TPSA) is 63.2 Å². The highest BCUT2D eigenvalue weighted by Crippen LogP contribution is 2.18. The lowest BCUT2D eigenvalue weighted by Gasteiger charge is -2.23. The number of nitrogens with one attached hydrogen (secondary N) is 2. The van der Waals surface area contributed by atoms with Crippen molar-refractivity contribution >= 4 is 53.7 Å². The molecule has 1 amide bonds. The SMILES string of the molecule is Cl.Cl.O=C(Cc1csc(COc2ccc(Cl)cc2)n1)N[C@H]1CCCNC1. The molecule has 1 fully saturated rings. The second kappa shape index (κ2) is 11.6. The fourth-order valence-electron chi connectivity index (χ4n) is 2.59. The Labute approximate surface area is 174 Å². The summed E-state index contributed by atoms with van der Waals surface area (Å²) in [5, 5.41) is 9.80. The maximum absolute atomic E-state index is 12.1. The Kier molecular flexibility index (Phi) is 10.3. The fraction of sp³-hybridized carbons (Fsp3) is 0.412. The molecule has 0 spiro atoms. The second-order valence-corrected chi connectivity index (χ2v) is 7.14. The maximum Gasteiger partial charge on any atom is 0.226 e. The summed E-state index contributed by atoms with van der Waals surface area (Å²) in [5.74, 6) is 0.776. The number of hydrogen-bond donors (Lipinski definition) is 2. The molecule has 0 unspecified atom stereocenters. The molecule has 1 aromatic carbocycles. The van der Waals surface area contributed by atoms with Gasteiger partial charge in [0.1, 0.15) is 17.4 Å². The van der Waals surface area contributed by atoms with Gasteiger partial charge in [0.15, 0.2) is 0 Å². The number of benzene rings is 1. The van der Waals surface area contributed by atoms with Crippen molar-refractivity contribution in [2.24, 2.45) is 0 Å². The minimum Gasteiger partial charge on any atom is -0.486 e. The Balaban J connectivity index is 0.00000169. The third-order valence-corrected chi connectivity index (χ3v) is 4.90. The third-order valence-electron chi connectivity index (χ3n) is 3.78. The molecule has 3 rings (SSSR count). The van der Waals surface area contributed by atoms with Crippen LogP contribution in [0.2, 0.25) is 5.02 Å². The summed E-state index contributed by atoms with van der Waals surface area (Å²) in [5.41, 5.74) is 0.788. The van der Waals surface area contributed by atoms with E-state index in [2.05, 4.69) is 15.6 Å². The molecule has 5 nitrogen and oxygen atoms in total. The van der Waals surface area contributed by atoms with Crippen LogP contribution >= 0.6 is 47.8 Å². The van der Waals surface area contributed by atoms with E-state index in [1.165, 1.54) is 11.3 Å². The zero-order valence-electron chi connectivity index (χ0n) is 14.1.